The lowest BCUT2D eigenvalue weighted by Crippen LogP contribution is -2.50. The first-order valence-corrected chi connectivity index (χ1v) is 13.2. The lowest BCUT2D eigenvalue weighted by atomic mass is 10.1. The number of carbonyl (C=O) groups is 1. The highest BCUT2D eigenvalue weighted by atomic mass is 32.2. The molecule has 7 nitrogen and oxygen atoms in total. The first-order valence-electron chi connectivity index (χ1n) is 11.7. The molecule has 0 bridgehead atoms. The van der Waals surface area contributed by atoms with Crippen LogP contribution in [0.1, 0.15) is 36.7 Å². The van der Waals surface area contributed by atoms with Crippen molar-refractivity contribution in [2.45, 2.75) is 38.6 Å². The smallest absolute Gasteiger partial charge is 0.253 e. The van der Waals surface area contributed by atoms with E-state index in [1.807, 2.05) is 43.3 Å². The number of para-hydroxylation sites is 1. The fraction of sp³-hybridized carbons (Fsp3) is 0.385. The Bertz CT molecular complexity index is 1280. The normalized spacial score (nSPS) is 15.1. The summed E-state index contributed by atoms with van der Waals surface area (Å²) in [5.74, 6) is -0.0708. The van der Waals surface area contributed by atoms with Crippen LogP contribution in [0.15, 0.2) is 59.6 Å². The summed E-state index contributed by atoms with van der Waals surface area (Å²) in [6.45, 7) is 10.4. The van der Waals surface area contributed by atoms with Crippen molar-refractivity contribution in [2.24, 2.45) is 0 Å². The molecule has 2 heterocycles. The number of sulfonamides is 1. The standard InChI is InChI=1S/C26H32N4O3S/c1-5-30(19(2)3)23-11-9-21(10-12-23)26(31)28-13-15-29(16-14-28)34(32,33)24-8-6-7-22-17-20(4)18-27-25(22)24/h6-12,17-19H,5,13-16H2,1-4H3. The van der Waals surface area contributed by atoms with E-state index in [9.17, 15) is 13.2 Å². The maximum absolute atomic E-state index is 13.4. The highest BCUT2D eigenvalue weighted by Crippen LogP contribution is 2.26. The van der Waals surface area contributed by atoms with Crippen LogP contribution in [0.4, 0.5) is 5.69 Å². The third-order valence-corrected chi connectivity index (χ3v) is 8.29. The highest BCUT2D eigenvalue weighted by molar-refractivity contribution is 7.89. The Morgan fingerprint density at radius 1 is 1.06 bits per heavy atom. The molecule has 0 atom stereocenters. The van der Waals surface area contributed by atoms with Crippen molar-refractivity contribution >= 4 is 32.5 Å². The number of anilines is 1. The Morgan fingerprint density at radius 3 is 2.35 bits per heavy atom. The van der Waals surface area contributed by atoms with Crippen LogP contribution in [0, 0.1) is 6.92 Å². The quantitative estimate of drug-likeness (QED) is 0.535. The van der Waals surface area contributed by atoms with Crippen LogP contribution in [-0.4, -0.2) is 67.3 Å². The zero-order valence-corrected chi connectivity index (χ0v) is 21.0. The molecule has 0 saturated carbocycles. The predicted molar refractivity (Wildman–Crippen MR) is 136 cm³/mol. The second-order valence-electron chi connectivity index (χ2n) is 8.96. The van der Waals surface area contributed by atoms with Crippen molar-refractivity contribution in [3.63, 3.8) is 0 Å². The first-order chi connectivity index (χ1) is 16.2. The van der Waals surface area contributed by atoms with Crippen LogP contribution in [0.2, 0.25) is 0 Å². The number of carbonyl (C=O) groups excluding carboxylic acids is 1. The molecule has 1 saturated heterocycles. The number of aryl methyl sites for hydroxylation is 1. The van der Waals surface area contributed by atoms with Crippen molar-refractivity contribution in [2.75, 3.05) is 37.6 Å². The zero-order chi connectivity index (χ0) is 24.5. The molecule has 0 radical (unpaired) electrons. The number of rotatable bonds is 6. The van der Waals surface area contributed by atoms with Crippen LogP contribution in [0.25, 0.3) is 10.9 Å². The molecule has 1 fully saturated rings. The number of hydrogen-bond donors (Lipinski definition) is 0. The molecular formula is C26H32N4O3S. The van der Waals surface area contributed by atoms with E-state index in [1.165, 1.54) is 4.31 Å². The average molecular weight is 481 g/mol. The Labute approximate surface area is 202 Å². The van der Waals surface area contributed by atoms with E-state index in [-0.39, 0.29) is 23.9 Å². The van der Waals surface area contributed by atoms with Crippen molar-refractivity contribution in [1.82, 2.24) is 14.2 Å². The van der Waals surface area contributed by atoms with Gasteiger partial charge in [0, 0.05) is 61.6 Å². The summed E-state index contributed by atoms with van der Waals surface area (Å²) in [5, 5.41) is 0.803. The van der Waals surface area contributed by atoms with Gasteiger partial charge in [0.2, 0.25) is 10.0 Å². The van der Waals surface area contributed by atoms with Crippen LogP contribution in [-0.2, 0) is 10.0 Å². The van der Waals surface area contributed by atoms with Crippen molar-refractivity contribution < 1.29 is 13.2 Å². The van der Waals surface area contributed by atoms with Gasteiger partial charge in [0.15, 0.2) is 0 Å². The van der Waals surface area contributed by atoms with Crippen LogP contribution < -0.4 is 4.90 Å². The van der Waals surface area contributed by atoms with E-state index in [0.29, 0.717) is 30.2 Å². The molecule has 0 N–H and O–H groups in total. The Hall–Kier alpha value is -2.97. The van der Waals surface area contributed by atoms with Gasteiger partial charge in [-0.3, -0.25) is 9.78 Å². The lowest BCUT2D eigenvalue weighted by Gasteiger charge is -2.34. The maximum Gasteiger partial charge on any atom is 0.253 e. The molecule has 8 heteroatoms. The molecule has 180 valence electrons. The van der Waals surface area contributed by atoms with Gasteiger partial charge < -0.3 is 9.80 Å². The number of fused-ring (bicyclic) bond motifs is 1. The fourth-order valence-electron chi connectivity index (χ4n) is 4.55. The number of nitrogens with zero attached hydrogens (tertiary/aromatic N) is 4. The van der Waals surface area contributed by atoms with Gasteiger partial charge in [-0.2, -0.15) is 4.31 Å². The van der Waals surface area contributed by atoms with Crippen molar-refractivity contribution in [3.8, 4) is 0 Å². The van der Waals surface area contributed by atoms with Gasteiger partial charge in [0.1, 0.15) is 4.90 Å². The summed E-state index contributed by atoms with van der Waals surface area (Å²) < 4.78 is 28.2. The summed E-state index contributed by atoms with van der Waals surface area (Å²) >= 11 is 0. The minimum Gasteiger partial charge on any atom is -0.369 e. The van der Waals surface area contributed by atoms with Gasteiger partial charge >= 0.3 is 0 Å². The summed E-state index contributed by atoms with van der Waals surface area (Å²) in [6, 6.07) is 15.2. The molecule has 1 aromatic heterocycles. The Kier molecular flexibility index (Phi) is 6.91. The fourth-order valence-corrected chi connectivity index (χ4v) is 6.13. The SMILES string of the molecule is CCN(c1ccc(C(=O)N2CCN(S(=O)(=O)c3cccc4cc(C)cnc34)CC2)cc1)C(C)C. The van der Waals surface area contributed by atoms with E-state index < -0.39 is 10.0 Å². The minimum absolute atomic E-state index is 0.0708. The minimum atomic E-state index is -3.71. The molecule has 1 aliphatic heterocycles. The first kappa shape index (κ1) is 24.2. The summed E-state index contributed by atoms with van der Waals surface area (Å²) in [6.07, 6.45) is 1.68. The van der Waals surface area contributed by atoms with Crippen LogP contribution in [0.3, 0.4) is 0 Å². The Balaban J connectivity index is 1.46. The molecule has 34 heavy (non-hydrogen) atoms. The van der Waals surface area contributed by atoms with E-state index in [2.05, 4.69) is 30.7 Å². The summed E-state index contributed by atoms with van der Waals surface area (Å²) in [7, 11) is -3.71. The molecule has 2 aromatic carbocycles. The predicted octanol–water partition coefficient (Wildman–Crippen LogP) is 3.92. The number of pyridine rings is 1. The number of aromatic nitrogens is 1. The number of piperazine rings is 1. The third kappa shape index (κ3) is 4.65. The maximum atomic E-state index is 13.4. The molecule has 1 amide bonds. The van der Waals surface area contributed by atoms with E-state index in [1.54, 1.807) is 23.2 Å². The summed E-state index contributed by atoms with van der Waals surface area (Å²) in [5.41, 5.74) is 3.17. The monoisotopic (exact) mass is 480 g/mol. The van der Waals surface area contributed by atoms with Gasteiger partial charge in [-0.25, -0.2) is 8.42 Å². The molecule has 1 aliphatic rings. The average Bonchev–Trinajstić information content (AvgIpc) is 2.83. The van der Waals surface area contributed by atoms with Gasteiger partial charge in [-0.15, -0.1) is 0 Å². The van der Waals surface area contributed by atoms with Gasteiger partial charge in [0.05, 0.1) is 5.52 Å². The zero-order valence-electron chi connectivity index (χ0n) is 20.2. The van der Waals surface area contributed by atoms with E-state index in [4.69, 9.17) is 0 Å². The molecule has 0 aliphatic carbocycles. The lowest BCUT2D eigenvalue weighted by molar-refractivity contribution is 0.0698. The van der Waals surface area contributed by atoms with E-state index in [0.717, 1.165) is 23.2 Å². The topological polar surface area (TPSA) is 73.8 Å². The molecular weight excluding hydrogens is 448 g/mol. The largest absolute Gasteiger partial charge is 0.369 e. The second-order valence-corrected chi connectivity index (χ2v) is 10.9. The van der Waals surface area contributed by atoms with Crippen molar-refractivity contribution in [3.05, 3.63) is 65.9 Å². The molecule has 3 aromatic rings. The molecule has 0 spiro atoms. The molecule has 0 unspecified atom stereocenters. The summed E-state index contributed by atoms with van der Waals surface area (Å²) in [4.78, 5) is 21.6. The third-order valence-electron chi connectivity index (χ3n) is 6.36. The van der Waals surface area contributed by atoms with Crippen molar-refractivity contribution in [1.29, 1.82) is 0 Å². The van der Waals surface area contributed by atoms with E-state index >= 15 is 0 Å². The van der Waals surface area contributed by atoms with Gasteiger partial charge in [-0.05, 0) is 69.7 Å². The Morgan fingerprint density at radius 2 is 1.74 bits per heavy atom. The highest BCUT2D eigenvalue weighted by Gasteiger charge is 2.32. The number of hydrogen-bond acceptors (Lipinski definition) is 5. The molecule has 4 rings (SSSR count). The van der Waals surface area contributed by atoms with Crippen LogP contribution in [0.5, 0.6) is 0 Å². The van der Waals surface area contributed by atoms with Gasteiger partial charge in [0.25, 0.3) is 5.91 Å². The number of benzene rings is 2. The van der Waals surface area contributed by atoms with Gasteiger partial charge in [-0.1, -0.05) is 12.1 Å². The van der Waals surface area contributed by atoms with Crippen LogP contribution >= 0.6 is 0 Å². The second kappa shape index (κ2) is 9.72. The number of amides is 1.